The van der Waals surface area contributed by atoms with Gasteiger partial charge in [-0.05, 0) is 49.2 Å². The first-order chi connectivity index (χ1) is 14.5. The van der Waals surface area contributed by atoms with Crippen molar-refractivity contribution in [3.63, 3.8) is 0 Å². The minimum Gasteiger partial charge on any atom is -0.351 e. The van der Waals surface area contributed by atoms with Crippen molar-refractivity contribution in [2.75, 3.05) is 16.2 Å². The molecule has 1 aliphatic rings. The highest BCUT2D eigenvalue weighted by atomic mass is 32.2. The van der Waals surface area contributed by atoms with E-state index in [1.807, 2.05) is 18.2 Å². The van der Waals surface area contributed by atoms with E-state index in [2.05, 4.69) is 31.1 Å². The largest absolute Gasteiger partial charge is 0.351 e. The van der Waals surface area contributed by atoms with Crippen molar-refractivity contribution < 1.29 is 13.0 Å². The lowest BCUT2D eigenvalue weighted by Gasteiger charge is -2.15. The fourth-order valence-corrected chi connectivity index (χ4v) is 3.80. The number of hydrazine groups is 1. The van der Waals surface area contributed by atoms with E-state index in [0.717, 1.165) is 18.5 Å². The summed E-state index contributed by atoms with van der Waals surface area (Å²) in [7, 11) is -4.22. The number of aromatic nitrogens is 3. The summed E-state index contributed by atoms with van der Waals surface area (Å²) < 4.78 is 31.4. The number of benzene rings is 1. The number of nitrogens with zero attached hydrogens (tertiary/aromatic N) is 3. The molecule has 1 aliphatic carbocycles. The monoisotopic (exact) mass is 426 g/mol. The van der Waals surface area contributed by atoms with Crippen LogP contribution in [0, 0.1) is 0 Å². The summed E-state index contributed by atoms with van der Waals surface area (Å²) in [6.45, 7) is 0. The number of rotatable bonds is 7. The van der Waals surface area contributed by atoms with Crippen LogP contribution in [-0.2, 0) is 10.1 Å². The Morgan fingerprint density at radius 1 is 0.933 bits per heavy atom. The molecule has 30 heavy (non-hydrogen) atoms. The minimum absolute atomic E-state index is 0.171. The maximum Gasteiger partial charge on any atom is 0.294 e. The molecule has 9 nitrogen and oxygen atoms in total. The second kappa shape index (κ2) is 8.64. The molecule has 156 valence electrons. The maximum absolute atomic E-state index is 11.2. The molecule has 10 heteroatoms. The molecule has 0 spiro atoms. The third kappa shape index (κ3) is 5.02. The molecule has 0 saturated heterocycles. The van der Waals surface area contributed by atoms with Gasteiger partial charge in [0.15, 0.2) is 5.82 Å². The molecule has 2 heterocycles. The van der Waals surface area contributed by atoms with Gasteiger partial charge in [0.2, 0.25) is 5.95 Å². The van der Waals surface area contributed by atoms with Gasteiger partial charge >= 0.3 is 0 Å². The molecule has 0 radical (unpaired) electrons. The number of nitrogens with one attached hydrogen (secondary N) is 3. The van der Waals surface area contributed by atoms with Crippen molar-refractivity contribution in [3.05, 3.63) is 54.7 Å². The Labute approximate surface area is 174 Å². The van der Waals surface area contributed by atoms with Crippen LogP contribution in [0.4, 0.5) is 17.5 Å². The number of hydrogen-bond acceptors (Lipinski definition) is 8. The van der Waals surface area contributed by atoms with Gasteiger partial charge < -0.3 is 5.32 Å². The first kappa shape index (κ1) is 20.0. The molecule has 1 aromatic carbocycles. The van der Waals surface area contributed by atoms with Crippen molar-refractivity contribution in [1.29, 1.82) is 0 Å². The molecule has 0 bridgehead atoms. The number of hydrogen-bond donors (Lipinski definition) is 4. The molecule has 2 aromatic heterocycles. The van der Waals surface area contributed by atoms with Crippen LogP contribution in [0.3, 0.4) is 0 Å². The number of pyridine rings is 1. The van der Waals surface area contributed by atoms with Gasteiger partial charge in [-0.25, -0.2) is 4.98 Å². The van der Waals surface area contributed by atoms with Gasteiger partial charge in [-0.15, -0.1) is 0 Å². The smallest absolute Gasteiger partial charge is 0.294 e. The summed E-state index contributed by atoms with van der Waals surface area (Å²) >= 11 is 0. The third-order valence-corrected chi connectivity index (χ3v) is 5.70. The van der Waals surface area contributed by atoms with Crippen LogP contribution < -0.4 is 16.2 Å². The highest BCUT2D eigenvalue weighted by molar-refractivity contribution is 7.85. The van der Waals surface area contributed by atoms with Crippen LogP contribution in [0.25, 0.3) is 11.4 Å². The molecule has 4 rings (SSSR count). The predicted molar refractivity (Wildman–Crippen MR) is 115 cm³/mol. The van der Waals surface area contributed by atoms with Crippen LogP contribution in [0.15, 0.2) is 59.6 Å². The van der Waals surface area contributed by atoms with Crippen molar-refractivity contribution in [2.24, 2.45) is 0 Å². The van der Waals surface area contributed by atoms with E-state index >= 15 is 0 Å². The van der Waals surface area contributed by atoms with Crippen LogP contribution >= 0.6 is 0 Å². The lowest BCUT2D eigenvalue weighted by Crippen LogP contribution is -2.18. The molecule has 3 aromatic rings. The Morgan fingerprint density at radius 3 is 2.37 bits per heavy atom. The summed E-state index contributed by atoms with van der Waals surface area (Å²) in [6.07, 6.45) is 6.30. The van der Waals surface area contributed by atoms with Crippen LogP contribution in [0.2, 0.25) is 0 Å². The van der Waals surface area contributed by atoms with Crippen LogP contribution in [0.5, 0.6) is 0 Å². The van der Waals surface area contributed by atoms with Gasteiger partial charge in [-0.2, -0.15) is 13.4 Å². The lowest BCUT2D eigenvalue weighted by molar-refractivity contribution is 0.483. The molecular formula is C20H22N6O3S. The molecule has 0 unspecified atom stereocenters. The number of anilines is 3. The topological polar surface area (TPSA) is 129 Å². The van der Waals surface area contributed by atoms with E-state index in [1.165, 1.54) is 37.1 Å². The van der Waals surface area contributed by atoms with E-state index in [4.69, 9.17) is 4.55 Å². The van der Waals surface area contributed by atoms with Crippen molar-refractivity contribution in [2.45, 2.75) is 36.6 Å². The lowest BCUT2D eigenvalue weighted by atomic mass is 10.2. The molecule has 0 atom stereocenters. The second-order valence-corrected chi connectivity index (χ2v) is 8.47. The van der Waals surface area contributed by atoms with Gasteiger partial charge in [0, 0.05) is 18.3 Å². The van der Waals surface area contributed by atoms with Crippen molar-refractivity contribution in [1.82, 2.24) is 15.0 Å². The molecule has 1 fully saturated rings. The van der Waals surface area contributed by atoms with Gasteiger partial charge in [-0.1, -0.05) is 18.9 Å². The fourth-order valence-electron chi connectivity index (χ4n) is 3.32. The van der Waals surface area contributed by atoms with Gasteiger partial charge in [0.05, 0.1) is 22.0 Å². The average molecular weight is 427 g/mol. The average Bonchev–Trinajstić information content (AvgIpc) is 3.25. The summed E-state index contributed by atoms with van der Waals surface area (Å²) in [6, 6.07) is 13.5. The van der Waals surface area contributed by atoms with E-state index in [1.54, 1.807) is 12.3 Å². The highest BCUT2D eigenvalue weighted by Crippen LogP contribution is 2.24. The Bertz CT molecular complexity index is 1100. The Kier molecular flexibility index (Phi) is 5.77. The Morgan fingerprint density at radius 2 is 1.70 bits per heavy atom. The van der Waals surface area contributed by atoms with Crippen molar-refractivity contribution in [3.8, 4) is 11.4 Å². The molecular weight excluding hydrogens is 404 g/mol. The normalized spacial score (nSPS) is 14.4. The van der Waals surface area contributed by atoms with Crippen LogP contribution in [0.1, 0.15) is 25.7 Å². The zero-order chi connectivity index (χ0) is 21.0. The summed E-state index contributed by atoms with van der Waals surface area (Å²) in [4.78, 5) is 13.3. The zero-order valence-corrected chi connectivity index (χ0v) is 16.9. The molecule has 4 N–H and O–H groups in total. The first-order valence-electron chi connectivity index (χ1n) is 9.64. The second-order valence-electron chi connectivity index (χ2n) is 7.05. The highest BCUT2D eigenvalue weighted by Gasteiger charge is 2.17. The quantitative estimate of drug-likeness (QED) is 0.331. The summed E-state index contributed by atoms with van der Waals surface area (Å²) in [5, 5.41) is 3.40. The summed E-state index contributed by atoms with van der Waals surface area (Å²) in [5.74, 6) is 1.06. The Balaban J connectivity index is 1.55. The van der Waals surface area contributed by atoms with E-state index in [0.29, 0.717) is 29.2 Å². The predicted octanol–water partition coefficient (Wildman–Crippen LogP) is 3.58. The summed E-state index contributed by atoms with van der Waals surface area (Å²) in [5.41, 5.74) is 8.00. The molecule has 0 amide bonds. The van der Waals surface area contributed by atoms with E-state index in [9.17, 15) is 8.42 Å². The standard InChI is InChI=1S/C20H22N6O3S/c27-30(28,29)16-10-8-15(9-11-16)25-26-19-13-18(17-7-3-4-12-21-17)23-20(24-19)22-14-5-1-2-6-14/h3-4,7-14,25H,1-2,5-6H2,(H,27,28,29)(H2,22,23,24,26). The SMILES string of the molecule is O=S(=O)(O)c1ccc(NNc2cc(-c3ccccn3)nc(NC3CCCC3)n2)cc1. The zero-order valence-electron chi connectivity index (χ0n) is 16.1. The Hall–Kier alpha value is -3.24. The van der Waals surface area contributed by atoms with Gasteiger partial charge in [0.1, 0.15) is 0 Å². The fraction of sp³-hybridized carbons (Fsp3) is 0.250. The van der Waals surface area contributed by atoms with E-state index < -0.39 is 10.1 Å². The molecule has 1 saturated carbocycles. The van der Waals surface area contributed by atoms with Gasteiger partial charge in [0.25, 0.3) is 10.1 Å². The first-order valence-corrected chi connectivity index (χ1v) is 11.1. The molecule has 0 aliphatic heterocycles. The van der Waals surface area contributed by atoms with E-state index in [-0.39, 0.29) is 4.90 Å². The van der Waals surface area contributed by atoms with Crippen LogP contribution in [-0.4, -0.2) is 34.0 Å². The maximum atomic E-state index is 11.2. The minimum atomic E-state index is -4.22. The third-order valence-electron chi connectivity index (χ3n) is 4.83. The van der Waals surface area contributed by atoms with Crippen molar-refractivity contribution >= 4 is 27.6 Å². The van der Waals surface area contributed by atoms with Gasteiger partial charge in [-0.3, -0.25) is 20.4 Å².